The van der Waals surface area contributed by atoms with E-state index >= 15 is 0 Å². The molecule has 0 atom stereocenters. The van der Waals surface area contributed by atoms with Gasteiger partial charge in [0.2, 0.25) is 0 Å². The summed E-state index contributed by atoms with van der Waals surface area (Å²) in [5.41, 5.74) is 0.664. The molecule has 2 rings (SSSR count). The maximum absolute atomic E-state index is 12.1. The van der Waals surface area contributed by atoms with Gasteiger partial charge in [-0.05, 0) is 66.7 Å². The van der Waals surface area contributed by atoms with Crippen molar-refractivity contribution < 1.29 is 4.79 Å². The van der Waals surface area contributed by atoms with Gasteiger partial charge in [-0.15, -0.1) is 12.4 Å². The standard InChI is InChI=1S/C12H14ClIN2O.ClH/c13-8-1-2-11(14)10(7-8)12(17)16-9-3-5-15-6-4-9;/h1-2,7,9,15H,3-6H2,(H,16,17);1H. The van der Waals surface area contributed by atoms with Crippen molar-refractivity contribution in [2.45, 2.75) is 18.9 Å². The van der Waals surface area contributed by atoms with E-state index in [0.29, 0.717) is 10.6 Å². The summed E-state index contributed by atoms with van der Waals surface area (Å²) in [4.78, 5) is 12.1. The van der Waals surface area contributed by atoms with Gasteiger partial charge in [-0.3, -0.25) is 4.79 Å². The number of carbonyl (C=O) groups is 1. The fourth-order valence-electron chi connectivity index (χ4n) is 1.90. The van der Waals surface area contributed by atoms with E-state index in [0.717, 1.165) is 29.5 Å². The molecule has 1 heterocycles. The van der Waals surface area contributed by atoms with Crippen molar-refractivity contribution in [3.63, 3.8) is 0 Å². The first kappa shape index (κ1) is 16.0. The van der Waals surface area contributed by atoms with Crippen LogP contribution in [0.1, 0.15) is 23.2 Å². The van der Waals surface area contributed by atoms with Crippen molar-refractivity contribution in [1.29, 1.82) is 0 Å². The summed E-state index contributed by atoms with van der Waals surface area (Å²) in [6.07, 6.45) is 1.98. The number of halogens is 3. The lowest BCUT2D eigenvalue weighted by Crippen LogP contribution is -2.42. The smallest absolute Gasteiger partial charge is 0.252 e. The monoisotopic (exact) mass is 400 g/mol. The quantitative estimate of drug-likeness (QED) is 0.749. The maximum atomic E-state index is 12.1. The van der Waals surface area contributed by atoms with E-state index in [1.54, 1.807) is 12.1 Å². The Morgan fingerprint density at radius 3 is 2.72 bits per heavy atom. The van der Waals surface area contributed by atoms with Gasteiger partial charge in [0.25, 0.3) is 5.91 Å². The second kappa shape index (κ2) is 7.53. The minimum absolute atomic E-state index is 0. The number of nitrogens with one attached hydrogen (secondary N) is 2. The van der Waals surface area contributed by atoms with Gasteiger partial charge >= 0.3 is 0 Å². The number of carbonyl (C=O) groups excluding carboxylic acids is 1. The highest BCUT2D eigenvalue weighted by Gasteiger charge is 2.17. The Morgan fingerprint density at radius 1 is 1.39 bits per heavy atom. The number of benzene rings is 1. The molecule has 0 saturated carbocycles. The van der Waals surface area contributed by atoms with Gasteiger partial charge < -0.3 is 10.6 Å². The summed E-state index contributed by atoms with van der Waals surface area (Å²) >= 11 is 8.06. The second-order valence-electron chi connectivity index (χ2n) is 4.12. The van der Waals surface area contributed by atoms with Gasteiger partial charge in [0.05, 0.1) is 5.56 Å². The highest BCUT2D eigenvalue weighted by molar-refractivity contribution is 14.1. The summed E-state index contributed by atoms with van der Waals surface area (Å²) in [5.74, 6) is -0.0243. The lowest BCUT2D eigenvalue weighted by atomic mass is 10.1. The Balaban J connectivity index is 0.00000162. The molecule has 1 aliphatic heterocycles. The molecule has 1 aliphatic rings. The van der Waals surface area contributed by atoms with Crippen LogP contribution in [0.5, 0.6) is 0 Å². The number of hydrogen-bond acceptors (Lipinski definition) is 2. The van der Waals surface area contributed by atoms with Crippen LogP contribution in [0.15, 0.2) is 18.2 Å². The zero-order chi connectivity index (χ0) is 12.3. The predicted molar refractivity (Wildman–Crippen MR) is 84.8 cm³/mol. The molecule has 2 N–H and O–H groups in total. The SMILES string of the molecule is Cl.O=C(NC1CCNCC1)c1cc(Cl)ccc1I. The molecule has 6 heteroatoms. The first-order valence-corrected chi connectivity index (χ1v) is 7.09. The fourth-order valence-corrected chi connectivity index (χ4v) is 2.65. The zero-order valence-corrected chi connectivity index (χ0v) is 13.4. The van der Waals surface area contributed by atoms with E-state index in [4.69, 9.17) is 11.6 Å². The number of hydrogen-bond donors (Lipinski definition) is 2. The number of piperidine rings is 1. The first-order valence-electron chi connectivity index (χ1n) is 5.63. The molecule has 0 aromatic heterocycles. The van der Waals surface area contributed by atoms with Gasteiger partial charge in [-0.1, -0.05) is 11.6 Å². The van der Waals surface area contributed by atoms with Crippen LogP contribution in [0.4, 0.5) is 0 Å². The van der Waals surface area contributed by atoms with Crippen LogP contribution >= 0.6 is 46.6 Å². The van der Waals surface area contributed by atoms with Gasteiger partial charge in [-0.25, -0.2) is 0 Å². The van der Waals surface area contributed by atoms with E-state index in [-0.39, 0.29) is 24.4 Å². The average Bonchev–Trinajstić information content (AvgIpc) is 2.33. The van der Waals surface area contributed by atoms with Gasteiger partial charge in [-0.2, -0.15) is 0 Å². The third-order valence-electron chi connectivity index (χ3n) is 2.85. The van der Waals surface area contributed by atoms with Crippen LogP contribution in [-0.4, -0.2) is 25.0 Å². The Morgan fingerprint density at radius 2 is 2.06 bits per heavy atom. The molecule has 0 unspecified atom stereocenters. The second-order valence-corrected chi connectivity index (χ2v) is 5.72. The molecular formula is C12H15Cl2IN2O. The highest BCUT2D eigenvalue weighted by Crippen LogP contribution is 2.18. The van der Waals surface area contributed by atoms with Crippen molar-refractivity contribution in [3.05, 3.63) is 32.4 Å². The van der Waals surface area contributed by atoms with Crippen LogP contribution < -0.4 is 10.6 Å². The van der Waals surface area contributed by atoms with Crippen LogP contribution in [0.2, 0.25) is 5.02 Å². The van der Waals surface area contributed by atoms with Crippen molar-refractivity contribution >= 4 is 52.5 Å². The minimum atomic E-state index is -0.0243. The highest BCUT2D eigenvalue weighted by atomic mass is 127. The number of rotatable bonds is 2. The molecule has 1 saturated heterocycles. The van der Waals surface area contributed by atoms with Crippen LogP contribution in [0.25, 0.3) is 0 Å². The number of amides is 1. The van der Waals surface area contributed by atoms with Crippen molar-refractivity contribution in [2.24, 2.45) is 0 Å². The maximum Gasteiger partial charge on any atom is 0.252 e. The van der Waals surface area contributed by atoms with Crippen molar-refractivity contribution in [1.82, 2.24) is 10.6 Å². The average molecular weight is 401 g/mol. The topological polar surface area (TPSA) is 41.1 Å². The summed E-state index contributed by atoms with van der Waals surface area (Å²) in [5, 5.41) is 6.93. The molecular weight excluding hydrogens is 386 g/mol. The molecule has 1 aromatic rings. The Hall–Kier alpha value is -0.0400. The molecule has 0 spiro atoms. The van der Waals surface area contributed by atoms with Crippen LogP contribution in [-0.2, 0) is 0 Å². The van der Waals surface area contributed by atoms with E-state index in [9.17, 15) is 4.79 Å². The van der Waals surface area contributed by atoms with Gasteiger partial charge in [0.15, 0.2) is 0 Å². The summed E-state index contributed by atoms with van der Waals surface area (Å²) in [6.45, 7) is 1.94. The van der Waals surface area contributed by atoms with Gasteiger partial charge in [0.1, 0.15) is 0 Å². The minimum Gasteiger partial charge on any atom is -0.349 e. The van der Waals surface area contributed by atoms with E-state index in [1.165, 1.54) is 0 Å². The van der Waals surface area contributed by atoms with E-state index in [1.807, 2.05) is 6.07 Å². The largest absolute Gasteiger partial charge is 0.349 e. The zero-order valence-electron chi connectivity index (χ0n) is 9.71. The molecule has 0 aliphatic carbocycles. The third kappa shape index (κ3) is 4.26. The molecule has 1 amide bonds. The Bertz CT molecular complexity index is 423. The molecule has 1 fully saturated rings. The molecule has 0 radical (unpaired) electrons. The first-order chi connectivity index (χ1) is 8.16. The van der Waals surface area contributed by atoms with Gasteiger partial charge in [0, 0.05) is 14.6 Å². The van der Waals surface area contributed by atoms with Crippen LogP contribution in [0.3, 0.4) is 0 Å². The molecule has 1 aromatic carbocycles. The molecule has 0 bridgehead atoms. The fraction of sp³-hybridized carbons (Fsp3) is 0.417. The van der Waals surface area contributed by atoms with Crippen molar-refractivity contribution in [3.8, 4) is 0 Å². The van der Waals surface area contributed by atoms with E-state index in [2.05, 4.69) is 33.2 Å². The summed E-state index contributed by atoms with van der Waals surface area (Å²) < 4.78 is 0.929. The molecule has 3 nitrogen and oxygen atoms in total. The van der Waals surface area contributed by atoms with Crippen LogP contribution in [0, 0.1) is 3.57 Å². The van der Waals surface area contributed by atoms with Crippen molar-refractivity contribution in [2.75, 3.05) is 13.1 Å². The Kier molecular flexibility index (Phi) is 6.70. The molecule has 18 heavy (non-hydrogen) atoms. The normalized spacial score (nSPS) is 15.9. The van der Waals surface area contributed by atoms with E-state index < -0.39 is 0 Å². The summed E-state index contributed by atoms with van der Waals surface area (Å²) in [7, 11) is 0. The summed E-state index contributed by atoms with van der Waals surface area (Å²) in [6, 6.07) is 5.66. The predicted octanol–water partition coefficient (Wildman–Crippen LogP) is 2.85. The Labute approximate surface area is 132 Å². The lowest BCUT2D eigenvalue weighted by molar-refractivity contribution is 0.0928. The molecule has 100 valence electrons. The lowest BCUT2D eigenvalue weighted by Gasteiger charge is -2.23. The third-order valence-corrected chi connectivity index (χ3v) is 4.02.